The molecule has 0 radical (unpaired) electrons. The van der Waals surface area contributed by atoms with Gasteiger partial charge in [0, 0.05) is 17.6 Å². The standard InChI is InChI=1S/C12H15N/c1-8-5-6-12-10(7-8)9-3-2-4-11(9)13-12/h5-7,9,11,13H,2-4H2,1H3. The first-order valence-electron chi connectivity index (χ1n) is 5.22. The highest BCUT2D eigenvalue weighted by Crippen LogP contribution is 2.45. The molecule has 2 unspecified atom stereocenters. The quantitative estimate of drug-likeness (QED) is 0.635. The van der Waals surface area contributed by atoms with Crippen LogP contribution in [0.25, 0.3) is 0 Å². The molecule has 1 aromatic carbocycles. The van der Waals surface area contributed by atoms with Gasteiger partial charge in [-0.15, -0.1) is 0 Å². The van der Waals surface area contributed by atoms with Gasteiger partial charge in [-0.2, -0.15) is 0 Å². The molecular weight excluding hydrogens is 158 g/mol. The maximum absolute atomic E-state index is 3.62. The lowest BCUT2D eigenvalue weighted by molar-refractivity contribution is 0.689. The van der Waals surface area contributed by atoms with Gasteiger partial charge >= 0.3 is 0 Å². The zero-order chi connectivity index (χ0) is 8.84. The van der Waals surface area contributed by atoms with E-state index in [4.69, 9.17) is 0 Å². The van der Waals surface area contributed by atoms with E-state index < -0.39 is 0 Å². The first-order valence-corrected chi connectivity index (χ1v) is 5.22. The van der Waals surface area contributed by atoms with Crippen molar-refractivity contribution >= 4 is 5.69 Å². The second-order valence-electron chi connectivity index (χ2n) is 4.38. The summed E-state index contributed by atoms with van der Waals surface area (Å²) in [4.78, 5) is 0. The molecular formula is C12H15N. The maximum atomic E-state index is 3.62. The number of benzene rings is 1. The summed E-state index contributed by atoms with van der Waals surface area (Å²) in [7, 11) is 0. The van der Waals surface area contributed by atoms with E-state index in [2.05, 4.69) is 30.4 Å². The van der Waals surface area contributed by atoms with Crippen molar-refractivity contribution in [2.45, 2.75) is 38.1 Å². The monoisotopic (exact) mass is 173 g/mol. The second-order valence-corrected chi connectivity index (χ2v) is 4.38. The normalized spacial score (nSPS) is 29.6. The summed E-state index contributed by atoms with van der Waals surface area (Å²) in [5, 5.41) is 3.62. The molecule has 1 aromatic rings. The molecule has 3 rings (SSSR count). The molecule has 1 heterocycles. The fourth-order valence-corrected chi connectivity index (χ4v) is 2.83. The number of anilines is 1. The number of hydrogen-bond donors (Lipinski definition) is 1. The fraction of sp³-hybridized carbons (Fsp3) is 0.500. The zero-order valence-electron chi connectivity index (χ0n) is 8.01. The summed E-state index contributed by atoms with van der Waals surface area (Å²) in [5.41, 5.74) is 4.36. The fourth-order valence-electron chi connectivity index (χ4n) is 2.83. The van der Waals surface area contributed by atoms with Gasteiger partial charge in [0.1, 0.15) is 0 Å². The average Bonchev–Trinajstić information content (AvgIpc) is 2.64. The van der Waals surface area contributed by atoms with E-state index in [1.54, 1.807) is 5.56 Å². The summed E-state index contributed by atoms with van der Waals surface area (Å²) in [6.45, 7) is 2.18. The topological polar surface area (TPSA) is 12.0 Å². The maximum Gasteiger partial charge on any atom is 0.0378 e. The lowest BCUT2D eigenvalue weighted by atomic mass is 9.96. The molecule has 0 aromatic heterocycles. The SMILES string of the molecule is Cc1ccc2c(c1)C1CCCC1N2. The molecule has 1 N–H and O–H groups in total. The lowest BCUT2D eigenvalue weighted by Gasteiger charge is -2.08. The third kappa shape index (κ3) is 0.995. The molecule has 1 aliphatic heterocycles. The molecule has 0 spiro atoms. The van der Waals surface area contributed by atoms with Crippen molar-refractivity contribution in [2.24, 2.45) is 0 Å². The van der Waals surface area contributed by atoms with Crippen LogP contribution in [0.4, 0.5) is 5.69 Å². The minimum absolute atomic E-state index is 0.747. The molecule has 13 heavy (non-hydrogen) atoms. The Bertz CT molecular complexity index is 343. The highest BCUT2D eigenvalue weighted by molar-refractivity contribution is 5.60. The Kier molecular flexibility index (Phi) is 1.43. The highest BCUT2D eigenvalue weighted by Gasteiger charge is 2.35. The van der Waals surface area contributed by atoms with Crippen LogP contribution < -0.4 is 5.32 Å². The van der Waals surface area contributed by atoms with Crippen molar-refractivity contribution in [3.8, 4) is 0 Å². The highest BCUT2D eigenvalue weighted by atomic mass is 15.0. The molecule has 1 saturated carbocycles. The van der Waals surface area contributed by atoms with Crippen LogP contribution in [0.1, 0.15) is 36.3 Å². The molecule has 1 fully saturated rings. The third-order valence-corrected chi connectivity index (χ3v) is 3.46. The zero-order valence-corrected chi connectivity index (χ0v) is 8.01. The Morgan fingerprint density at radius 2 is 2.23 bits per heavy atom. The van der Waals surface area contributed by atoms with E-state index in [1.807, 2.05) is 0 Å². The second kappa shape index (κ2) is 2.50. The van der Waals surface area contributed by atoms with Crippen molar-refractivity contribution in [3.05, 3.63) is 29.3 Å². The summed E-state index contributed by atoms with van der Waals surface area (Å²) >= 11 is 0. The number of hydrogen-bond acceptors (Lipinski definition) is 1. The van der Waals surface area contributed by atoms with Crippen LogP contribution in [0.2, 0.25) is 0 Å². The van der Waals surface area contributed by atoms with Crippen molar-refractivity contribution in [2.75, 3.05) is 5.32 Å². The van der Waals surface area contributed by atoms with E-state index in [0.717, 1.165) is 12.0 Å². The molecule has 0 amide bonds. The van der Waals surface area contributed by atoms with Gasteiger partial charge in [-0.3, -0.25) is 0 Å². The number of rotatable bonds is 0. The summed E-state index contributed by atoms with van der Waals surface area (Å²) in [5.74, 6) is 0.815. The van der Waals surface area contributed by atoms with Crippen LogP contribution in [-0.4, -0.2) is 6.04 Å². The van der Waals surface area contributed by atoms with Gasteiger partial charge in [-0.25, -0.2) is 0 Å². The predicted octanol–water partition coefficient (Wildman–Crippen LogP) is 3.06. The van der Waals surface area contributed by atoms with Gasteiger partial charge in [0.2, 0.25) is 0 Å². The molecule has 0 saturated heterocycles. The van der Waals surface area contributed by atoms with Crippen molar-refractivity contribution in [3.63, 3.8) is 0 Å². The van der Waals surface area contributed by atoms with Gasteiger partial charge in [-0.05, 0) is 31.4 Å². The summed E-state index contributed by atoms with van der Waals surface area (Å²) in [6, 6.07) is 7.55. The van der Waals surface area contributed by atoms with Crippen LogP contribution in [0.3, 0.4) is 0 Å². The molecule has 1 nitrogen and oxygen atoms in total. The average molecular weight is 173 g/mol. The first-order chi connectivity index (χ1) is 6.34. The summed E-state index contributed by atoms with van der Waals surface area (Å²) in [6.07, 6.45) is 4.14. The largest absolute Gasteiger partial charge is 0.381 e. The Morgan fingerprint density at radius 1 is 1.31 bits per heavy atom. The Hall–Kier alpha value is -0.980. The van der Waals surface area contributed by atoms with Gasteiger partial charge in [-0.1, -0.05) is 24.1 Å². The molecule has 2 atom stereocenters. The van der Waals surface area contributed by atoms with Gasteiger partial charge in [0.05, 0.1) is 0 Å². The van der Waals surface area contributed by atoms with Crippen molar-refractivity contribution < 1.29 is 0 Å². The van der Waals surface area contributed by atoms with Crippen molar-refractivity contribution in [1.82, 2.24) is 0 Å². The molecule has 1 heteroatoms. The van der Waals surface area contributed by atoms with Gasteiger partial charge in [0.15, 0.2) is 0 Å². The van der Waals surface area contributed by atoms with E-state index in [-0.39, 0.29) is 0 Å². The van der Waals surface area contributed by atoms with Gasteiger partial charge < -0.3 is 5.32 Å². The third-order valence-electron chi connectivity index (χ3n) is 3.46. The van der Waals surface area contributed by atoms with Crippen LogP contribution in [0, 0.1) is 6.92 Å². The minimum Gasteiger partial charge on any atom is -0.381 e. The van der Waals surface area contributed by atoms with E-state index in [0.29, 0.717) is 0 Å². The van der Waals surface area contributed by atoms with Crippen LogP contribution in [0.5, 0.6) is 0 Å². The van der Waals surface area contributed by atoms with Crippen LogP contribution >= 0.6 is 0 Å². The molecule has 68 valence electrons. The Morgan fingerprint density at radius 3 is 3.15 bits per heavy atom. The van der Waals surface area contributed by atoms with Gasteiger partial charge in [0.25, 0.3) is 0 Å². The van der Waals surface area contributed by atoms with E-state index >= 15 is 0 Å². The molecule has 2 aliphatic rings. The van der Waals surface area contributed by atoms with E-state index in [1.165, 1.54) is 30.5 Å². The molecule has 0 bridgehead atoms. The lowest BCUT2D eigenvalue weighted by Crippen LogP contribution is -2.13. The first kappa shape index (κ1) is 7.43. The van der Waals surface area contributed by atoms with Crippen LogP contribution in [-0.2, 0) is 0 Å². The van der Waals surface area contributed by atoms with E-state index in [9.17, 15) is 0 Å². The van der Waals surface area contributed by atoms with Crippen molar-refractivity contribution in [1.29, 1.82) is 0 Å². The predicted molar refractivity (Wildman–Crippen MR) is 55.2 cm³/mol. The smallest absolute Gasteiger partial charge is 0.0378 e. The minimum atomic E-state index is 0.747. The Labute approximate surface area is 79.2 Å². The number of nitrogens with one attached hydrogen (secondary N) is 1. The molecule has 1 aliphatic carbocycles. The number of fused-ring (bicyclic) bond motifs is 3. The summed E-state index contributed by atoms with van der Waals surface area (Å²) < 4.78 is 0. The van der Waals surface area contributed by atoms with Crippen LogP contribution in [0.15, 0.2) is 18.2 Å². The Balaban J connectivity index is 2.09. The number of aryl methyl sites for hydroxylation is 1.